The highest BCUT2D eigenvalue weighted by atomic mass is 31.2. The fraction of sp³-hybridized carbons (Fsp3) is 0.944. The Labute approximate surface area is 197 Å². The largest absolute Gasteiger partial charge is 0.470 e. The van der Waals surface area contributed by atoms with Gasteiger partial charge < -0.3 is 45.4 Å². The van der Waals surface area contributed by atoms with Gasteiger partial charge >= 0.3 is 21.6 Å². The van der Waals surface area contributed by atoms with Crippen LogP contribution < -0.4 is 5.73 Å². The van der Waals surface area contributed by atoms with Crippen LogP contribution in [0.2, 0.25) is 0 Å². The zero-order chi connectivity index (χ0) is 25.9. The molecule has 16 heteroatoms. The van der Waals surface area contributed by atoms with Gasteiger partial charge in [-0.15, -0.1) is 0 Å². The lowest BCUT2D eigenvalue weighted by Crippen LogP contribution is -2.65. The van der Waals surface area contributed by atoms with Crippen LogP contribution in [0.3, 0.4) is 0 Å². The zero-order valence-electron chi connectivity index (χ0n) is 18.8. The Balaban J connectivity index is 2.58. The maximum Gasteiger partial charge on any atom is 0.470 e. The quantitative estimate of drug-likeness (QED) is 0.0722. The molecule has 34 heavy (non-hydrogen) atoms. The summed E-state index contributed by atoms with van der Waals surface area (Å²) in [5.74, 6) is -0.846. The van der Waals surface area contributed by atoms with Crippen LogP contribution in [0.5, 0.6) is 0 Å². The fourth-order valence-electron chi connectivity index (χ4n) is 3.73. The molecule has 0 unspecified atom stereocenters. The van der Waals surface area contributed by atoms with Crippen LogP contribution in [0, 0.1) is 0 Å². The minimum Gasteiger partial charge on any atom is -0.457 e. The summed E-state index contributed by atoms with van der Waals surface area (Å²) in [6.45, 7) is 0.698. The molecule has 0 heterocycles. The number of hydrogen-bond donors (Lipinski definition) is 8. The van der Waals surface area contributed by atoms with E-state index in [9.17, 15) is 29.2 Å². The van der Waals surface area contributed by atoms with Crippen LogP contribution in [-0.2, 0) is 27.7 Å². The van der Waals surface area contributed by atoms with Gasteiger partial charge in [-0.3, -0.25) is 13.8 Å². The molecule has 0 aliphatic heterocycles. The Hall–Kier alpha value is -0.470. The van der Waals surface area contributed by atoms with Crippen molar-refractivity contribution in [2.24, 2.45) is 5.73 Å². The number of aliphatic hydroxyl groups excluding tert-OH is 3. The second kappa shape index (κ2) is 14.9. The molecule has 14 nitrogen and oxygen atoms in total. The summed E-state index contributed by atoms with van der Waals surface area (Å²) in [5, 5.41) is 30.8. The van der Waals surface area contributed by atoms with E-state index in [4.69, 9.17) is 30.0 Å². The second-order valence-electron chi connectivity index (χ2n) is 8.27. The number of unbranched alkanes of at least 4 members (excludes halogenated alkanes) is 8. The van der Waals surface area contributed by atoms with Crippen LogP contribution in [0.4, 0.5) is 0 Å². The van der Waals surface area contributed by atoms with Gasteiger partial charge in [0.25, 0.3) is 0 Å². The van der Waals surface area contributed by atoms with E-state index in [1.807, 2.05) is 0 Å². The van der Waals surface area contributed by atoms with Crippen molar-refractivity contribution in [1.82, 2.24) is 0 Å². The molecular formula is C18H37NO13P2. The first-order chi connectivity index (χ1) is 15.8. The summed E-state index contributed by atoms with van der Waals surface area (Å²) in [6.07, 6.45) is -4.33. The third kappa shape index (κ3) is 12.0. The number of phosphoric ester groups is 2. The molecule has 1 rings (SSSR count). The van der Waals surface area contributed by atoms with Crippen molar-refractivity contribution in [3.63, 3.8) is 0 Å². The maximum absolute atomic E-state index is 12.2. The number of hydrogen-bond acceptors (Lipinski definition) is 10. The Morgan fingerprint density at radius 1 is 0.647 bits per heavy atom. The molecule has 0 amide bonds. The molecule has 0 bridgehead atoms. The van der Waals surface area contributed by atoms with Gasteiger partial charge in [0, 0.05) is 6.42 Å². The van der Waals surface area contributed by atoms with Gasteiger partial charge in [0.05, 0.1) is 0 Å². The van der Waals surface area contributed by atoms with Crippen LogP contribution in [0.15, 0.2) is 0 Å². The predicted molar refractivity (Wildman–Crippen MR) is 117 cm³/mol. The van der Waals surface area contributed by atoms with E-state index in [1.165, 1.54) is 0 Å². The molecule has 0 radical (unpaired) electrons. The van der Waals surface area contributed by atoms with Gasteiger partial charge in [-0.25, -0.2) is 9.13 Å². The van der Waals surface area contributed by atoms with Gasteiger partial charge in [0.15, 0.2) is 6.10 Å². The summed E-state index contributed by atoms with van der Waals surface area (Å²) in [7, 11) is -10.7. The average Bonchev–Trinajstić information content (AvgIpc) is 2.72. The summed E-state index contributed by atoms with van der Waals surface area (Å²) >= 11 is 0. The van der Waals surface area contributed by atoms with E-state index >= 15 is 0 Å². The first-order valence-electron chi connectivity index (χ1n) is 11.2. The zero-order valence-corrected chi connectivity index (χ0v) is 20.6. The Kier molecular flexibility index (Phi) is 13.9. The van der Waals surface area contributed by atoms with E-state index in [0.717, 1.165) is 51.4 Å². The molecule has 1 aliphatic rings. The molecule has 1 saturated carbocycles. The smallest absolute Gasteiger partial charge is 0.457 e. The van der Waals surface area contributed by atoms with E-state index < -0.39 is 58.2 Å². The monoisotopic (exact) mass is 537 g/mol. The van der Waals surface area contributed by atoms with Crippen molar-refractivity contribution in [3.8, 4) is 0 Å². The lowest BCUT2D eigenvalue weighted by Gasteiger charge is -2.44. The number of nitrogens with two attached hydrogens (primary N) is 1. The fourth-order valence-corrected chi connectivity index (χ4v) is 4.85. The molecule has 1 fully saturated rings. The van der Waals surface area contributed by atoms with E-state index in [-0.39, 0.29) is 6.42 Å². The van der Waals surface area contributed by atoms with Crippen LogP contribution in [0.25, 0.3) is 0 Å². The molecule has 6 atom stereocenters. The van der Waals surface area contributed by atoms with Crippen molar-refractivity contribution in [2.75, 3.05) is 6.54 Å². The number of carbonyl (C=O) groups excluding carboxylic acids is 1. The SMILES string of the molecule is NCCCCCCCCCCCC(=O)O[C@@H]1[C@H](O)[C@H](O)[C@@H](OP(=O)(O)O)[C@H](OP(=O)(O)O)[C@H]1O. The number of esters is 1. The van der Waals surface area contributed by atoms with Crippen molar-refractivity contribution < 1.29 is 62.6 Å². The molecule has 0 saturated heterocycles. The predicted octanol–water partition coefficient (Wildman–Crippen LogP) is -0.190. The van der Waals surface area contributed by atoms with E-state index in [0.29, 0.717) is 13.0 Å². The first kappa shape index (κ1) is 31.6. The summed E-state index contributed by atoms with van der Waals surface area (Å²) in [4.78, 5) is 48.2. The van der Waals surface area contributed by atoms with E-state index in [2.05, 4.69) is 9.05 Å². The maximum atomic E-state index is 12.2. The highest BCUT2D eigenvalue weighted by Gasteiger charge is 2.55. The number of phosphoric acid groups is 2. The normalized spacial score (nSPS) is 28.1. The van der Waals surface area contributed by atoms with Crippen LogP contribution in [0.1, 0.15) is 64.2 Å². The number of carbonyl (C=O) groups is 1. The molecule has 202 valence electrons. The Morgan fingerprint density at radius 2 is 1.03 bits per heavy atom. The lowest BCUT2D eigenvalue weighted by atomic mass is 9.85. The van der Waals surface area contributed by atoms with Crippen molar-refractivity contribution in [3.05, 3.63) is 0 Å². The topological polar surface area (TPSA) is 247 Å². The number of ether oxygens (including phenoxy) is 1. The van der Waals surface area contributed by atoms with Gasteiger partial charge in [-0.2, -0.15) is 0 Å². The van der Waals surface area contributed by atoms with Crippen molar-refractivity contribution in [1.29, 1.82) is 0 Å². The highest BCUT2D eigenvalue weighted by molar-refractivity contribution is 7.46. The van der Waals surface area contributed by atoms with Crippen LogP contribution >= 0.6 is 15.6 Å². The lowest BCUT2D eigenvalue weighted by molar-refractivity contribution is -0.227. The minimum absolute atomic E-state index is 0.0744. The Bertz CT molecular complexity index is 699. The minimum atomic E-state index is -5.35. The summed E-state index contributed by atoms with van der Waals surface area (Å²) in [5.41, 5.74) is 5.44. The molecule has 9 N–H and O–H groups in total. The molecular weight excluding hydrogens is 500 g/mol. The highest BCUT2D eigenvalue weighted by Crippen LogP contribution is 2.47. The van der Waals surface area contributed by atoms with Gasteiger partial charge in [-0.05, 0) is 19.4 Å². The molecule has 0 aromatic heterocycles. The van der Waals surface area contributed by atoms with Gasteiger partial charge in [0.2, 0.25) is 0 Å². The number of aliphatic hydroxyl groups is 3. The molecule has 1 aliphatic carbocycles. The van der Waals surface area contributed by atoms with Crippen molar-refractivity contribution >= 4 is 21.6 Å². The molecule has 0 aromatic carbocycles. The van der Waals surface area contributed by atoms with Gasteiger partial charge in [0.1, 0.15) is 30.5 Å². The van der Waals surface area contributed by atoms with Crippen LogP contribution in [-0.4, -0.2) is 84.0 Å². The Morgan fingerprint density at radius 3 is 1.47 bits per heavy atom. The molecule has 0 aromatic rings. The van der Waals surface area contributed by atoms with Crippen molar-refractivity contribution in [2.45, 2.75) is 101 Å². The van der Waals surface area contributed by atoms with Gasteiger partial charge in [-0.1, -0.05) is 44.9 Å². The standard InChI is InChI=1S/C18H37NO13P2/c19-11-9-7-5-3-1-2-4-6-8-10-12(20)30-16-13(21)14(22)17(31-33(24,25)26)18(15(16)23)32-34(27,28)29/h13-18,21-23H,1-11,19H2,(H2,24,25,26)(H2,27,28,29)/t13-,14+,15+,16-,17-,18-/m1/s1. The third-order valence-electron chi connectivity index (χ3n) is 5.39. The number of rotatable bonds is 16. The second-order valence-corrected chi connectivity index (χ2v) is 10.7. The summed E-state index contributed by atoms with van der Waals surface area (Å²) in [6, 6.07) is 0. The third-order valence-corrected chi connectivity index (χ3v) is 6.43. The summed E-state index contributed by atoms with van der Waals surface area (Å²) < 4.78 is 36.0. The molecule has 0 spiro atoms. The first-order valence-corrected chi connectivity index (χ1v) is 14.2. The average molecular weight is 537 g/mol. The van der Waals surface area contributed by atoms with E-state index in [1.54, 1.807) is 0 Å².